The van der Waals surface area contributed by atoms with Gasteiger partial charge < -0.3 is 9.15 Å². The van der Waals surface area contributed by atoms with Crippen LogP contribution >= 0.6 is 0 Å². The maximum atomic E-state index is 9.09. The molecule has 1 aromatic heterocycles. The molecule has 4 heteroatoms. The summed E-state index contributed by atoms with van der Waals surface area (Å²) in [6, 6.07) is 2.07. The van der Waals surface area contributed by atoms with Gasteiger partial charge in [0.15, 0.2) is 0 Å². The lowest BCUT2D eigenvalue weighted by Gasteiger charge is -2.55. The number of nitrogens with zero attached hydrogens (tertiary/aromatic N) is 2. The molecule has 0 atom stereocenters. The van der Waals surface area contributed by atoms with Crippen LogP contribution in [0.25, 0.3) is 0 Å². The second kappa shape index (κ2) is 3.75. The Hall–Kier alpha value is -1.50. The van der Waals surface area contributed by atoms with E-state index in [1.807, 2.05) is 0 Å². The maximum Gasteiger partial charge on any atom is 0.324 e. The van der Waals surface area contributed by atoms with Crippen molar-refractivity contribution in [2.24, 2.45) is 17.8 Å². The predicted molar refractivity (Wildman–Crippen MR) is 67.6 cm³/mol. The molecule has 0 aliphatic heterocycles. The van der Waals surface area contributed by atoms with E-state index in [1.165, 1.54) is 45.6 Å². The first kappa shape index (κ1) is 11.3. The molecule has 4 aliphatic rings. The highest BCUT2D eigenvalue weighted by Gasteiger charge is 2.54. The van der Waals surface area contributed by atoms with E-state index in [2.05, 4.69) is 11.1 Å². The van der Waals surface area contributed by atoms with Crippen LogP contribution in [0, 0.1) is 29.1 Å². The number of oxazole rings is 1. The highest BCUT2D eigenvalue weighted by Crippen LogP contribution is 2.60. The van der Waals surface area contributed by atoms with Gasteiger partial charge in [-0.05, 0) is 56.3 Å². The number of rotatable bonds is 2. The molecule has 4 aliphatic carbocycles. The summed E-state index contributed by atoms with van der Waals surface area (Å²) in [5, 5.41) is 9.09. The van der Waals surface area contributed by atoms with Crippen molar-refractivity contribution >= 4 is 0 Å². The SMILES string of the molecule is COc1oc(C23CC4CC(CC(C4)C2)C3)nc1C#N. The predicted octanol–water partition coefficient (Wildman–Crippen LogP) is 3.02. The van der Waals surface area contributed by atoms with Gasteiger partial charge in [-0.25, -0.2) is 0 Å². The van der Waals surface area contributed by atoms with E-state index < -0.39 is 0 Å². The van der Waals surface area contributed by atoms with Gasteiger partial charge in [0, 0.05) is 5.41 Å². The van der Waals surface area contributed by atoms with Gasteiger partial charge in [0.2, 0.25) is 11.6 Å². The van der Waals surface area contributed by atoms with E-state index >= 15 is 0 Å². The number of aromatic nitrogens is 1. The first-order valence-electron chi connectivity index (χ1n) is 7.18. The third kappa shape index (κ3) is 1.54. The monoisotopic (exact) mass is 258 g/mol. The summed E-state index contributed by atoms with van der Waals surface area (Å²) < 4.78 is 10.9. The summed E-state index contributed by atoms with van der Waals surface area (Å²) >= 11 is 0. The molecule has 1 heterocycles. The second-order valence-corrected chi connectivity index (χ2v) is 6.67. The van der Waals surface area contributed by atoms with Crippen molar-refractivity contribution in [3.63, 3.8) is 0 Å². The minimum absolute atomic E-state index is 0.0944. The molecule has 0 spiro atoms. The van der Waals surface area contributed by atoms with Gasteiger partial charge in [0.1, 0.15) is 6.07 Å². The molecule has 0 unspecified atom stereocenters. The van der Waals surface area contributed by atoms with Crippen LogP contribution in [-0.2, 0) is 5.41 Å². The number of hydrogen-bond acceptors (Lipinski definition) is 4. The van der Waals surface area contributed by atoms with Crippen LogP contribution in [0.4, 0.5) is 0 Å². The van der Waals surface area contributed by atoms with E-state index in [0.29, 0.717) is 5.69 Å². The Labute approximate surface area is 112 Å². The topological polar surface area (TPSA) is 59.1 Å². The molecular formula is C15H18N2O2. The third-order valence-corrected chi connectivity index (χ3v) is 5.38. The quantitative estimate of drug-likeness (QED) is 0.818. The van der Waals surface area contributed by atoms with Gasteiger partial charge in [-0.3, -0.25) is 0 Å². The first-order valence-corrected chi connectivity index (χ1v) is 7.18. The molecule has 1 aromatic rings. The van der Waals surface area contributed by atoms with Crippen molar-refractivity contribution in [1.82, 2.24) is 4.98 Å². The van der Waals surface area contributed by atoms with Crippen LogP contribution in [-0.4, -0.2) is 12.1 Å². The molecule has 5 rings (SSSR count). The van der Waals surface area contributed by atoms with E-state index in [4.69, 9.17) is 14.4 Å². The summed E-state index contributed by atoms with van der Waals surface area (Å²) in [5.74, 6) is 3.58. The minimum atomic E-state index is 0.0944. The number of methoxy groups -OCH3 is 1. The standard InChI is InChI=1S/C15H18N2O2/c1-18-13-12(8-16)17-14(19-13)15-5-9-2-10(6-15)4-11(3-9)7-15/h9-11H,2-7H2,1H3. The molecule has 0 radical (unpaired) electrons. The second-order valence-electron chi connectivity index (χ2n) is 6.67. The molecule has 4 bridgehead atoms. The van der Waals surface area contributed by atoms with Crippen LogP contribution in [0.3, 0.4) is 0 Å². The van der Waals surface area contributed by atoms with Crippen LogP contribution in [0.1, 0.15) is 50.1 Å². The van der Waals surface area contributed by atoms with Crippen LogP contribution < -0.4 is 4.74 Å². The molecule has 4 nitrogen and oxygen atoms in total. The average molecular weight is 258 g/mol. The Balaban J connectivity index is 1.75. The fourth-order valence-electron chi connectivity index (χ4n) is 5.11. The van der Waals surface area contributed by atoms with Crippen molar-refractivity contribution in [3.05, 3.63) is 11.6 Å². The van der Waals surface area contributed by atoms with Gasteiger partial charge in [-0.1, -0.05) is 0 Å². The Morgan fingerprint density at radius 1 is 1.21 bits per heavy atom. The van der Waals surface area contributed by atoms with Crippen molar-refractivity contribution in [2.45, 2.75) is 43.9 Å². The van der Waals surface area contributed by atoms with Crippen LogP contribution in [0.15, 0.2) is 4.42 Å². The molecule has 4 fully saturated rings. The van der Waals surface area contributed by atoms with Gasteiger partial charge in [-0.2, -0.15) is 10.2 Å². The Morgan fingerprint density at radius 2 is 1.79 bits per heavy atom. The zero-order valence-corrected chi connectivity index (χ0v) is 11.2. The van der Waals surface area contributed by atoms with Gasteiger partial charge in [0.05, 0.1) is 7.11 Å². The largest absolute Gasteiger partial charge is 0.466 e. The van der Waals surface area contributed by atoms with Crippen molar-refractivity contribution < 1.29 is 9.15 Å². The summed E-state index contributed by atoms with van der Waals surface area (Å²) in [7, 11) is 1.53. The lowest BCUT2D eigenvalue weighted by atomic mass is 9.49. The average Bonchev–Trinajstić information content (AvgIpc) is 2.81. The third-order valence-electron chi connectivity index (χ3n) is 5.38. The molecular weight excluding hydrogens is 240 g/mol. The molecule has 19 heavy (non-hydrogen) atoms. The lowest BCUT2D eigenvalue weighted by molar-refractivity contribution is -0.0188. The Morgan fingerprint density at radius 3 is 2.21 bits per heavy atom. The van der Waals surface area contributed by atoms with Gasteiger partial charge >= 0.3 is 5.95 Å². The van der Waals surface area contributed by atoms with Crippen LogP contribution in [0.2, 0.25) is 0 Å². The van der Waals surface area contributed by atoms with Crippen molar-refractivity contribution in [1.29, 1.82) is 5.26 Å². The number of nitriles is 1. The lowest BCUT2D eigenvalue weighted by Crippen LogP contribution is -2.48. The summed E-state index contributed by atoms with van der Waals surface area (Å²) in [6.45, 7) is 0. The summed E-state index contributed by atoms with van der Waals surface area (Å²) in [6.07, 6.45) is 7.74. The normalized spacial score (nSPS) is 39.3. The van der Waals surface area contributed by atoms with Gasteiger partial charge in [-0.15, -0.1) is 0 Å². The molecule has 4 saturated carbocycles. The number of hydrogen-bond donors (Lipinski definition) is 0. The van der Waals surface area contributed by atoms with Gasteiger partial charge in [0.25, 0.3) is 0 Å². The number of ether oxygens (including phenoxy) is 1. The Kier molecular flexibility index (Phi) is 2.24. The zero-order chi connectivity index (χ0) is 13.0. The smallest absolute Gasteiger partial charge is 0.324 e. The Bertz CT molecular complexity index is 520. The molecule has 100 valence electrons. The zero-order valence-electron chi connectivity index (χ0n) is 11.2. The van der Waals surface area contributed by atoms with Crippen molar-refractivity contribution in [3.8, 4) is 12.0 Å². The van der Waals surface area contributed by atoms with E-state index in [1.54, 1.807) is 0 Å². The van der Waals surface area contributed by atoms with E-state index in [0.717, 1.165) is 23.6 Å². The highest BCUT2D eigenvalue weighted by atomic mass is 16.6. The fourth-order valence-corrected chi connectivity index (χ4v) is 5.11. The fraction of sp³-hybridized carbons (Fsp3) is 0.733. The molecule has 0 N–H and O–H groups in total. The first-order chi connectivity index (χ1) is 9.22. The highest BCUT2D eigenvalue weighted by molar-refractivity contribution is 5.31. The van der Waals surface area contributed by atoms with E-state index in [-0.39, 0.29) is 11.4 Å². The molecule has 0 aromatic carbocycles. The minimum Gasteiger partial charge on any atom is -0.466 e. The summed E-state index contributed by atoms with van der Waals surface area (Å²) in [4.78, 5) is 4.44. The van der Waals surface area contributed by atoms with Crippen LogP contribution in [0.5, 0.6) is 5.95 Å². The van der Waals surface area contributed by atoms with E-state index in [9.17, 15) is 0 Å². The van der Waals surface area contributed by atoms with Crippen molar-refractivity contribution in [2.75, 3.05) is 7.11 Å². The maximum absolute atomic E-state index is 9.09. The summed E-state index contributed by atoms with van der Waals surface area (Å²) in [5.41, 5.74) is 0.394. The molecule has 0 amide bonds. The molecule has 0 saturated heterocycles.